The van der Waals surface area contributed by atoms with E-state index >= 15 is 0 Å². The van der Waals surface area contributed by atoms with Crippen molar-refractivity contribution >= 4 is 23.0 Å². The molecule has 0 unspecified atom stereocenters. The molecule has 2 heterocycles. The molecule has 1 aliphatic heterocycles. The zero-order chi connectivity index (χ0) is 15.5. The van der Waals surface area contributed by atoms with Crippen molar-refractivity contribution in [2.45, 2.75) is 0 Å². The van der Waals surface area contributed by atoms with Crippen LogP contribution in [0.25, 0.3) is 11.4 Å². The maximum Gasteiger partial charge on any atom is 0.164 e. The van der Waals surface area contributed by atoms with Gasteiger partial charge >= 0.3 is 0 Å². The van der Waals surface area contributed by atoms with E-state index in [4.69, 9.17) is 16.2 Å². The number of ether oxygens (including phenoxy) is 1. The summed E-state index contributed by atoms with van der Waals surface area (Å²) in [6.07, 6.45) is 0. The van der Waals surface area contributed by atoms with E-state index in [1.165, 1.54) is 5.69 Å². The molecular formula is C15H20N6O. The molecule has 1 fully saturated rings. The maximum atomic E-state index is 5.84. The molecule has 0 atom stereocenters. The number of hydrogen-bond donors (Lipinski definition) is 3. The average molecular weight is 300 g/mol. The van der Waals surface area contributed by atoms with Crippen molar-refractivity contribution in [3.63, 3.8) is 0 Å². The minimum atomic E-state index is 0.284. The molecule has 2 aromatic rings. The molecule has 5 N–H and O–H groups in total. The van der Waals surface area contributed by atoms with Gasteiger partial charge in [0.1, 0.15) is 5.69 Å². The molecule has 7 heteroatoms. The molecule has 7 nitrogen and oxygen atoms in total. The minimum Gasteiger partial charge on any atom is -0.393 e. The number of hydrogen-bond acceptors (Lipinski definition) is 7. The quantitative estimate of drug-likeness (QED) is 0.782. The lowest BCUT2D eigenvalue weighted by Crippen LogP contribution is -2.36. The predicted molar refractivity (Wildman–Crippen MR) is 88.9 cm³/mol. The van der Waals surface area contributed by atoms with Gasteiger partial charge in [-0.3, -0.25) is 0 Å². The van der Waals surface area contributed by atoms with E-state index in [1.54, 1.807) is 7.05 Å². The number of nitrogen functional groups attached to an aromatic ring is 2. The van der Waals surface area contributed by atoms with Crippen molar-refractivity contribution in [2.24, 2.45) is 0 Å². The predicted octanol–water partition coefficient (Wildman–Crippen LogP) is 1.19. The fourth-order valence-corrected chi connectivity index (χ4v) is 2.45. The van der Waals surface area contributed by atoms with Gasteiger partial charge in [0.15, 0.2) is 17.5 Å². The monoisotopic (exact) mass is 300 g/mol. The molecule has 22 heavy (non-hydrogen) atoms. The van der Waals surface area contributed by atoms with Gasteiger partial charge in [0.25, 0.3) is 0 Å². The highest BCUT2D eigenvalue weighted by Gasteiger charge is 2.13. The first-order valence-electron chi connectivity index (χ1n) is 7.23. The van der Waals surface area contributed by atoms with Crippen LogP contribution in [0.2, 0.25) is 0 Å². The van der Waals surface area contributed by atoms with E-state index in [-0.39, 0.29) is 5.82 Å². The van der Waals surface area contributed by atoms with Crippen LogP contribution in [0.1, 0.15) is 0 Å². The number of morpholine rings is 1. The number of rotatable bonds is 3. The van der Waals surface area contributed by atoms with Crippen molar-refractivity contribution in [2.75, 3.05) is 55.0 Å². The molecule has 3 rings (SSSR count). The second-order valence-electron chi connectivity index (χ2n) is 5.09. The molecule has 0 aliphatic carbocycles. The van der Waals surface area contributed by atoms with Crippen molar-refractivity contribution < 1.29 is 4.74 Å². The van der Waals surface area contributed by atoms with Crippen molar-refractivity contribution in [3.8, 4) is 11.4 Å². The van der Waals surface area contributed by atoms with E-state index in [9.17, 15) is 0 Å². The molecule has 1 aliphatic rings. The third-order valence-corrected chi connectivity index (χ3v) is 3.71. The second-order valence-corrected chi connectivity index (χ2v) is 5.09. The average Bonchev–Trinajstić information content (AvgIpc) is 2.58. The lowest BCUT2D eigenvalue weighted by molar-refractivity contribution is 0.122. The van der Waals surface area contributed by atoms with E-state index in [1.807, 2.05) is 12.1 Å². The van der Waals surface area contributed by atoms with Gasteiger partial charge in [-0.2, -0.15) is 0 Å². The standard InChI is InChI=1S/C15H20N6O/c1-18-15-12(16)13(17)19-14(20-15)10-2-4-11(5-3-10)21-6-8-22-9-7-21/h2-5H,6-9,16H2,1H3,(H3,17,18,19,20). The minimum absolute atomic E-state index is 0.284. The normalized spacial score (nSPS) is 14.9. The van der Waals surface area contributed by atoms with Crippen molar-refractivity contribution in [1.29, 1.82) is 0 Å². The zero-order valence-electron chi connectivity index (χ0n) is 12.5. The summed E-state index contributed by atoms with van der Waals surface area (Å²) in [4.78, 5) is 11.0. The Labute approximate surface area is 129 Å². The molecule has 0 spiro atoms. The van der Waals surface area contributed by atoms with Crippen LogP contribution in [-0.2, 0) is 4.74 Å². The molecule has 0 radical (unpaired) electrons. The number of nitrogens with two attached hydrogens (primary N) is 2. The number of anilines is 4. The zero-order valence-corrected chi connectivity index (χ0v) is 12.5. The first-order valence-corrected chi connectivity index (χ1v) is 7.23. The Balaban J connectivity index is 1.88. The molecular weight excluding hydrogens is 280 g/mol. The Bertz CT molecular complexity index is 652. The second kappa shape index (κ2) is 6.07. The third-order valence-electron chi connectivity index (χ3n) is 3.71. The van der Waals surface area contributed by atoms with Crippen LogP contribution < -0.4 is 21.7 Å². The molecule has 0 bridgehead atoms. The largest absolute Gasteiger partial charge is 0.393 e. The summed E-state index contributed by atoms with van der Waals surface area (Å²) in [5.41, 5.74) is 14.1. The van der Waals surface area contributed by atoms with E-state index in [0.29, 0.717) is 17.3 Å². The first kappa shape index (κ1) is 14.4. The van der Waals surface area contributed by atoms with E-state index < -0.39 is 0 Å². The summed E-state index contributed by atoms with van der Waals surface area (Å²) in [6.45, 7) is 3.36. The molecule has 0 amide bonds. The van der Waals surface area contributed by atoms with Crippen LogP contribution in [0.3, 0.4) is 0 Å². The lowest BCUT2D eigenvalue weighted by Gasteiger charge is -2.28. The molecule has 1 aromatic carbocycles. The Kier molecular flexibility index (Phi) is 3.97. The SMILES string of the molecule is CNc1nc(-c2ccc(N3CCOCC3)cc2)nc(N)c1N. The first-order chi connectivity index (χ1) is 10.7. The van der Waals surface area contributed by atoms with Gasteiger partial charge in [0, 0.05) is 31.4 Å². The topological polar surface area (TPSA) is 102 Å². The fraction of sp³-hybridized carbons (Fsp3) is 0.333. The number of nitrogens with one attached hydrogen (secondary N) is 1. The van der Waals surface area contributed by atoms with Crippen LogP contribution in [0.4, 0.5) is 23.0 Å². The highest BCUT2D eigenvalue weighted by molar-refractivity contribution is 5.76. The molecule has 116 valence electrons. The molecule has 0 saturated carbocycles. The Hall–Kier alpha value is -2.54. The fourth-order valence-electron chi connectivity index (χ4n) is 2.45. The summed E-state index contributed by atoms with van der Waals surface area (Å²) in [5.74, 6) is 1.39. The van der Waals surface area contributed by atoms with Gasteiger partial charge in [0.05, 0.1) is 13.2 Å². The maximum absolute atomic E-state index is 5.84. The molecule has 1 saturated heterocycles. The third kappa shape index (κ3) is 2.75. The van der Waals surface area contributed by atoms with Crippen molar-refractivity contribution in [1.82, 2.24) is 9.97 Å². The summed E-state index contributed by atoms with van der Waals surface area (Å²) in [7, 11) is 1.75. The Morgan fingerprint density at radius 2 is 1.77 bits per heavy atom. The summed E-state index contributed by atoms with van der Waals surface area (Å²) < 4.78 is 5.37. The highest BCUT2D eigenvalue weighted by Crippen LogP contribution is 2.27. The van der Waals surface area contributed by atoms with Crippen molar-refractivity contribution in [3.05, 3.63) is 24.3 Å². The van der Waals surface area contributed by atoms with Crippen LogP contribution in [0.5, 0.6) is 0 Å². The van der Waals surface area contributed by atoms with Gasteiger partial charge in [-0.15, -0.1) is 0 Å². The van der Waals surface area contributed by atoms with Crippen LogP contribution in [0.15, 0.2) is 24.3 Å². The van der Waals surface area contributed by atoms with Crippen LogP contribution in [-0.4, -0.2) is 43.3 Å². The number of benzene rings is 1. The molecule has 1 aromatic heterocycles. The Morgan fingerprint density at radius 1 is 1.09 bits per heavy atom. The van der Waals surface area contributed by atoms with E-state index in [0.717, 1.165) is 31.9 Å². The summed E-state index contributed by atoms with van der Waals surface area (Å²) >= 11 is 0. The van der Waals surface area contributed by atoms with Gasteiger partial charge < -0.3 is 26.4 Å². The van der Waals surface area contributed by atoms with Crippen LogP contribution >= 0.6 is 0 Å². The smallest absolute Gasteiger partial charge is 0.164 e. The summed E-state index contributed by atoms with van der Waals surface area (Å²) in [6, 6.07) is 8.12. The lowest BCUT2D eigenvalue weighted by atomic mass is 10.1. The Morgan fingerprint density at radius 3 is 2.41 bits per heavy atom. The van der Waals surface area contributed by atoms with Crippen LogP contribution in [0, 0.1) is 0 Å². The van der Waals surface area contributed by atoms with Gasteiger partial charge in [-0.05, 0) is 24.3 Å². The number of aromatic nitrogens is 2. The van der Waals surface area contributed by atoms with Gasteiger partial charge in [-0.25, -0.2) is 9.97 Å². The van der Waals surface area contributed by atoms with Gasteiger partial charge in [0.2, 0.25) is 0 Å². The van der Waals surface area contributed by atoms with Gasteiger partial charge in [-0.1, -0.05) is 0 Å². The number of nitrogens with zero attached hydrogens (tertiary/aromatic N) is 3. The summed E-state index contributed by atoms with van der Waals surface area (Å²) in [5, 5.41) is 2.93. The highest BCUT2D eigenvalue weighted by atomic mass is 16.5. The van der Waals surface area contributed by atoms with E-state index in [2.05, 4.69) is 32.3 Å².